The molecule has 5 heteroatoms. The number of fused-ring (bicyclic) bond motifs is 4. The first kappa shape index (κ1) is 14.6. The lowest BCUT2D eigenvalue weighted by molar-refractivity contribution is 0.577. The van der Waals surface area contributed by atoms with Crippen LogP contribution in [0.15, 0.2) is 54.6 Å². The van der Waals surface area contributed by atoms with Gasteiger partial charge in [0.1, 0.15) is 10.8 Å². The molecule has 0 aliphatic carbocycles. The third-order valence-corrected chi connectivity index (χ3v) is 6.65. The van der Waals surface area contributed by atoms with E-state index in [0.717, 1.165) is 40.5 Å². The van der Waals surface area contributed by atoms with Crippen molar-refractivity contribution in [1.29, 1.82) is 0 Å². The zero-order chi connectivity index (χ0) is 17.1. The second-order valence-electron chi connectivity index (χ2n) is 7.21. The Balaban J connectivity index is 1.39. The number of nitrogens with one attached hydrogen (secondary N) is 1. The number of pyridine rings is 1. The molecule has 0 saturated carbocycles. The van der Waals surface area contributed by atoms with Gasteiger partial charge >= 0.3 is 0 Å². The van der Waals surface area contributed by atoms with Crippen molar-refractivity contribution in [3.8, 4) is 10.6 Å². The summed E-state index contributed by atoms with van der Waals surface area (Å²) in [7, 11) is 0. The average molecular weight is 358 g/mol. The van der Waals surface area contributed by atoms with Crippen LogP contribution in [0.25, 0.3) is 31.7 Å². The number of rotatable bonds is 2. The Morgan fingerprint density at radius 1 is 1.00 bits per heavy atom. The molecule has 2 bridgehead atoms. The van der Waals surface area contributed by atoms with Gasteiger partial charge in [0.05, 0.1) is 15.7 Å². The minimum absolute atomic E-state index is 0.604. The molecule has 2 atom stereocenters. The Labute approximate surface area is 155 Å². The van der Waals surface area contributed by atoms with Crippen LogP contribution < -0.4 is 10.2 Å². The summed E-state index contributed by atoms with van der Waals surface area (Å²) in [6, 6.07) is 20.4. The van der Waals surface area contributed by atoms with Gasteiger partial charge in [-0.2, -0.15) is 0 Å². The molecule has 0 radical (unpaired) electrons. The molecule has 2 fully saturated rings. The lowest BCUT2D eigenvalue weighted by Gasteiger charge is -2.28. The summed E-state index contributed by atoms with van der Waals surface area (Å²) in [6.45, 7) is 2.16. The molecule has 4 nitrogen and oxygen atoms in total. The number of aromatic nitrogens is 2. The summed E-state index contributed by atoms with van der Waals surface area (Å²) in [6.07, 6.45) is 1.25. The van der Waals surface area contributed by atoms with Gasteiger partial charge in [0.25, 0.3) is 0 Å². The third kappa shape index (κ3) is 2.24. The lowest BCUT2D eigenvalue weighted by Crippen LogP contribution is -2.43. The summed E-state index contributed by atoms with van der Waals surface area (Å²) in [5, 5.41) is 5.80. The Bertz CT molecular complexity index is 1100. The van der Waals surface area contributed by atoms with Crippen LogP contribution in [0.5, 0.6) is 0 Å². The highest BCUT2D eigenvalue weighted by atomic mass is 32.1. The summed E-state index contributed by atoms with van der Waals surface area (Å²) in [4.78, 5) is 12.2. The Morgan fingerprint density at radius 3 is 2.81 bits per heavy atom. The molecule has 4 heterocycles. The van der Waals surface area contributed by atoms with Gasteiger partial charge in [-0.3, -0.25) is 0 Å². The van der Waals surface area contributed by atoms with Gasteiger partial charge in [0, 0.05) is 36.1 Å². The SMILES string of the molecule is c1ccc2sc(-c3ccc4nc(N5CC6CC5CN6)ccc4c3)nc2c1. The van der Waals surface area contributed by atoms with E-state index in [1.165, 1.54) is 16.5 Å². The molecule has 0 spiro atoms. The van der Waals surface area contributed by atoms with Crippen LogP contribution in [-0.2, 0) is 0 Å². The van der Waals surface area contributed by atoms with Crippen molar-refractivity contribution in [3.05, 3.63) is 54.6 Å². The number of piperazine rings is 1. The Morgan fingerprint density at radius 2 is 1.96 bits per heavy atom. The lowest BCUT2D eigenvalue weighted by atomic mass is 10.1. The molecule has 2 unspecified atom stereocenters. The van der Waals surface area contributed by atoms with E-state index in [-0.39, 0.29) is 0 Å². The van der Waals surface area contributed by atoms with E-state index in [0.29, 0.717) is 12.1 Å². The first-order valence-electron chi connectivity index (χ1n) is 9.10. The number of thiazole rings is 1. The molecular weight excluding hydrogens is 340 g/mol. The maximum atomic E-state index is 4.93. The van der Waals surface area contributed by atoms with E-state index < -0.39 is 0 Å². The van der Waals surface area contributed by atoms with Gasteiger partial charge in [-0.05, 0) is 48.9 Å². The first-order valence-corrected chi connectivity index (χ1v) is 9.92. The standard InChI is InChI=1S/C21H18N4S/c1-2-4-19-18(3-1)24-21(26-19)14-5-7-17-13(9-14)6-8-20(23-17)25-12-15-10-16(25)11-22-15/h1-9,15-16,22H,10-12H2. The predicted octanol–water partition coefficient (Wildman–Crippen LogP) is 4.06. The van der Waals surface area contributed by atoms with E-state index in [9.17, 15) is 0 Å². The van der Waals surface area contributed by atoms with Crippen LogP contribution in [0.2, 0.25) is 0 Å². The highest BCUT2D eigenvalue weighted by Crippen LogP contribution is 2.33. The van der Waals surface area contributed by atoms with Crippen molar-refractivity contribution in [2.45, 2.75) is 18.5 Å². The van der Waals surface area contributed by atoms with Gasteiger partial charge < -0.3 is 10.2 Å². The molecule has 1 N–H and O–H groups in total. The Kier molecular flexibility index (Phi) is 3.10. The van der Waals surface area contributed by atoms with E-state index >= 15 is 0 Å². The van der Waals surface area contributed by atoms with Crippen molar-refractivity contribution < 1.29 is 0 Å². The maximum absolute atomic E-state index is 4.93. The molecule has 2 aliphatic heterocycles. The molecule has 26 heavy (non-hydrogen) atoms. The summed E-state index contributed by atoms with van der Waals surface area (Å²) in [5.41, 5.74) is 3.29. The molecule has 2 aromatic heterocycles. The molecule has 0 amide bonds. The van der Waals surface area contributed by atoms with Crippen molar-refractivity contribution in [2.75, 3.05) is 18.0 Å². The molecule has 6 rings (SSSR count). The van der Waals surface area contributed by atoms with Gasteiger partial charge in [-0.15, -0.1) is 11.3 Å². The minimum Gasteiger partial charge on any atom is -0.351 e. The van der Waals surface area contributed by atoms with Gasteiger partial charge in [0.15, 0.2) is 0 Å². The van der Waals surface area contributed by atoms with Crippen molar-refractivity contribution in [2.24, 2.45) is 0 Å². The van der Waals surface area contributed by atoms with Gasteiger partial charge in [-0.1, -0.05) is 12.1 Å². The van der Waals surface area contributed by atoms with Crippen LogP contribution in [0.3, 0.4) is 0 Å². The molecular formula is C21H18N4S. The Hall–Kier alpha value is -2.50. The monoisotopic (exact) mass is 358 g/mol. The largest absolute Gasteiger partial charge is 0.351 e. The van der Waals surface area contributed by atoms with Gasteiger partial charge in [0.2, 0.25) is 0 Å². The molecule has 128 valence electrons. The van der Waals surface area contributed by atoms with E-state index in [2.05, 4.69) is 58.7 Å². The van der Waals surface area contributed by atoms with Crippen LogP contribution in [0.4, 0.5) is 5.82 Å². The van der Waals surface area contributed by atoms with Crippen molar-refractivity contribution in [3.63, 3.8) is 0 Å². The normalized spacial score (nSPS) is 21.9. The number of nitrogens with zero attached hydrogens (tertiary/aromatic N) is 3. The fraction of sp³-hybridized carbons (Fsp3) is 0.238. The van der Waals surface area contributed by atoms with Crippen LogP contribution >= 0.6 is 11.3 Å². The van der Waals surface area contributed by atoms with Gasteiger partial charge in [-0.25, -0.2) is 9.97 Å². The van der Waals surface area contributed by atoms with Crippen LogP contribution in [-0.4, -0.2) is 35.1 Å². The van der Waals surface area contributed by atoms with E-state index in [1.54, 1.807) is 11.3 Å². The highest BCUT2D eigenvalue weighted by Gasteiger charge is 2.38. The quantitative estimate of drug-likeness (QED) is 0.587. The summed E-state index contributed by atoms with van der Waals surface area (Å²) in [5.74, 6) is 1.11. The number of benzene rings is 2. The first-order chi connectivity index (χ1) is 12.8. The smallest absolute Gasteiger partial charge is 0.129 e. The minimum atomic E-state index is 0.604. The fourth-order valence-corrected chi connectivity index (χ4v) is 5.21. The molecule has 2 saturated heterocycles. The topological polar surface area (TPSA) is 41.1 Å². The second kappa shape index (κ2) is 5.50. The summed E-state index contributed by atoms with van der Waals surface area (Å²) < 4.78 is 1.23. The zero-order valence-corrected chi connectivity index (χ0v) is 15.0. The van der Waals surface area contributed by atoms with E-state index in [1.807, 2.05) is 6.07 Å². The second-order valence-corrected chi connectivity index (χ2v) is 8.24. The number of hydrogen-bond donors (Lipinski definition) is 1. The summed E-state index contributed by atoms with van der Waals surface area (Å²) >= 11 is 1.74. The van der Waals surface area contributed by atoms with Crippen molar-refractivity contribution in [1.82, 2.24) is 15.3 Å². The van der Waals surface area contributed by atoms with Crippen LogP contribution in [0.1, 0.15) is 6.42 Å². The third-order valence-electron chi connectivity index (χ3n) is 5.57. The molecule has 2 aromatic carbocycles. The predicted molar refractivity (Wildman–Crippen MR) is 108 cm³/mol. The highest BCUT2D eigenvalue weighted by molar-refractivity contribution is 7.21. The number of anilines is 1. The molecule has 2 aliphatic rings. The van der Waals surface area contributed by atoms with E-state index in [4.69, 9.17) is 9.97 Å². The number of hydrogen-bond acceptors (Lipinski definition) is 5. The maximum Gasteiger partial charge on any atom is 0.129 e. The van der Waals surface area contributed by atoms with Crippen molar-refractivity contribution >= 4 is 38.3 Å². The van der Waals surface area contributed by atoms with Crippen LogP contribution in [0, 0.1) is 0 Å². The zero-order valence-electron chi connectivity index (χ0n) is 14.2. The fourth-order valence-electron chi connectivity index (χ4n) is 4.24. The molecule has 4 aromatic rings. The average Bonchev–Trinajstić information content (AvgIpc) is 3.42. The number of para-hydroxylation sites is 1.